The van der Waals surface area contributed by atoms with Crippen LogP contribution < -0.4 is 4.74 Å². The molecule has 8 aromatic carbocycles. The maximum atomic E-state index is 9.89. The number of ether oxygens (including phenoxy) is 1. The Balaban J connectivity index is 1.15. The molecule has 1 aliphatic carbocycles. The molecule has 260 valence electrons. The minimum Gasteiger partial charge on any atom is -0.457 e. The van der Waals surface area contributed by atoms with Crippen LogP contribution in [0.2, 0.25) is 0 Å². The van der Waals surface area contributed by atoms with Gasteiger partial charge >= 0.3 is 0 Å². The Hall–Kier alpha value is -7.68. The van der Waals surface area contributed by atoms with Crippen LogP contribution in [0.1, 0.15) is 27.8 Å². The number of nitrogens with zero attached hydrogens (tertiary/aromatic N) is 4. The molecule has 5 heteroatoms. The van der Waals surface area contributed by atoms with E-state index in [1.807, 2.05) is 91.0 Å². The van der Waals surface area contributed by atoms with Gasteiger partial charge in [-0.3, -0.25) is 0 Å². The monoisotopic (exact) mass is 714 g/mol. The van der Waals surface area contributed by atoms with Crippen LogP contribution in [-0.2, 0) is 5.41 Å². The van der Waals surface area contributed by atoms with Crippen molar-refractivity contribution < 1.29 is 4.74 Å². The zero-order valence-corrected chi connectivity index (χ0v) is 30.0. The molecule has 2 aliphatic rings. The molecule has 56 heavy (non-hydrogen) atoms. The fourth-order valence-electron chi connectivity index (χ4n) is 8.80. The molecule has 0 amide bonds. The standard InChI is InChI=1S/C51H30N4O/c52-31-36-23-26-38(39-18-8-7-17-37(36)39)34-24-27-44-46(29-34)56-47-30-35(25-28-45(47)51(44)42-21-11-9-19-40(42)41-20-10-12-22-43(41)51)50-54-48(32-13-3-1-4-14-32)53-49(55-50)33-15-5-2-6-16-33/h1-30H. The van der Waals surface area contributed by atoms with Crippen molar-refractivity contribution in [1.29, 1.82) is 5.26 Å². The van der Waals surface area contributed by atoms with E-state index in [1.54, 1.807) is 0 Å². The normalized spacial score (nSPS) is 12.9. The predicted molar refractivity (Wildman–Crippen MR) is 221 cm³/mol. The Morgan fingerprint density at radius 3 is 1.46 bits per heavy atom. The van der Waals surface area contributed by atoms with E-state index in [4.69, 9.17) is 19.7 Å². The molecule has 0 saturated heterocycles. The van der Waals surface area contributed by atoms with Crippen LogP contribution in [0.5, 0.6) is 11.5 Å². The quantitative estimate of drug-likeness (QED) is 0.181. The molecule has 0 atom stereocenters. The molecule has 0 unspecified atom stereocenters. The molecule has 9 aromatic rings. The average Bonchev–Trinajstić information content (AvgIpc) is 3.56. The highest BCUT2D eigenvalue weighted by Gasteiger charge is 2.51. The van der Waals surface area contributed by atoms with Gasteiger partial charge in [0.15, 0.2) is 17.5 Å². The maximum absolute atomic E-state index is 9.89. The highest BCUT2D eigenvalue weighted by Crippen LogP contribution is 2.62. The van der Waals surface area contributed by atoms with Crippen molar-refractivity contribution in [3.05, 3.63) is 210 Å². The van der Waals surface area contributed by atoms with Crippen molar-refractivity contribution in [2.75, 3.05) is 0 Å². The molecule has 5 nitrogen and oxygen atoms in total. The fraction of sp³-hybridized carbons (Fsp3) is 0.0196. The molecule has 1 spiro atoms. The third-order valence-electron chi connectivity index (χ3n) is 11.3. The van der Waals surface area contributed by atoms with Crippen LogP contribution in [0.25, 0.3) is 67.2 Å². The fourth-order valence-corrected chi connectivity index (χ4v) is 8.80. The number of hydrogen-bond acceptors (Lipinski definition) is 5. The average molecular weight is 715 g/mol. The summed E-state index contributed by atoms with van der Waals surface area (Å²) in [7, 11) is 0. The molecule has 0 radical (unpaired) electrons. The van der Waals surface area contributed by atoms with Crippen molar-refractivity contribution in [2.45, 2.75) is 5.41 Å². The summed E-state index contributed by atoms with van der Waals surface area (Å²) < 4.78 is 7.08. The van der Waals surface area contributed by atoms with Gasteiger partial charge in [0.1, 0.15) is 11.5 Å². The Kier molecular flexibility index (Phi) is 7.07. The van der Waals surface area contributed by atoms with E-state index in [-0.39, 0.29) is 0 Å². The Bertz CT molecular complexity index is 2970. The van der Waals surface area contributed by atoms with Crippen LogP contribution in [0, 0.1) is 11.3 Å². The summed E-state index contributed by atoms with van der Waals surface area (Å²) in [6.07, 6.45) is 0. The van der Waals surface area contributed by atoms with Crippen LogP contribution in [0.15, 0.2) is 182 Å². The second kappa shape index (κ2) is 12.4. The number of aromatic nitrogens is 3. The summed E-state index contributed by atoms with van der Waals surface area (Å²) in [6.45, 7) is 0. The summed E-state index contributed by atoms with van der Waals surface area (Å²) in [6, 6.07) is 65.0. The van der Waals surface area contributed by atoms with Gasteiger partial charge in [-0.1, -0.05) is 164 Å². The van der Waals surface area contributed by atoms with Crippen molar-refractivity contribution in [1.82, 2.24) is 15.0 Å². The van der Waals surface area contributed by atoms with Crippen molar-refractivity contribution in [2.24, 2.45) is 0 Å². The van der Waals surface area contributed by atoms with Crippen LogP contribution >= 0.6 is 0 Å². The molecule has 1 aromatic heterocycles. The van der Waals surface area contributed by atoms with E-state index in [9.17, 15) is 5.26 Å². The third kappa shape index (κ3) is 4.70. The maximum Gasteiger partial charge on any atom is 0.164 e. The van der Waals surface area contributed by atoms with E-state index < -0.39 is 5.41 Å². The molecule has 11 rings (SSSR count). The van der Waals surface area contributed by atoms with Gasteiger partial charge in [0, 0.05) is 33.2 Å². The van der Waals surface area contributed by atoms with Gasteiger partial charge in [0.2, 0.25) is 0 Å². The Morgan fingerprint density at radius 2 is 0.875 bits per heavy atom. The first kappa shape index (κ1) is 31.8. The van der Waals surface area contributed by atoms with Gasteiger partial charge in [-0.05, 0) is 57.0 Å². The van der Waals surface area contributed by atoms with E-state index in [0.717, 1.165) is 61.2 Å². The summed E-state index contributed by atoms with van der Waals surface area (Å²) in [5.74, 6) is 3.29. The van der Waals surface area contributed by atoms with E-state index >= 15 is 0 Å². The van der Waals surface area contributed by atoms with Gasteiger partial charge in [0.25, 0.3) is 0 Å². The molecule has 2 heterocycles. The molecule has 0 N–H and O–H groups in total. The largest absolute Gasteiger partial charge is 0.457 e. The SMILES string of the molecule is N#Cc1ccc(-c2ccc3c(c2)Oc2cc(-c4nc(-c5ccccc5)nc(-c5ccccc5)n4)ccc2C32c3ccccc3-c3ccccc32)c2ccccc12. The molecule has 1 aliphatic heterocycles. The number of nitriles is 1. The minimum atomic E-state index is -0.636. The zero-order valence-electron chi connectivity index (χ0n) is 30.0. The van der Waals surface area contributed by atoms with Gasteiger partial charge in [-0.2, -0.15) is 5.26 Å². The lowest BCUT2D eigenvalue weighted by atomic mass is 9.66. The summed E-state index contributed by atoms with van der Waals surface area (Å²) in [4.78, 5) is 15.0. The topological polar surface area (TPSA) is 71.7 Å². The zero-order chi connectivity index (χ0) is 37.2. The predicted octanol–water partition coefficient (Wildman–Crippen LogP) is 12.0. The van der Waals surface area contributed by atoms with E-state index in [1.165, 1.54) is 22.3 Å². The van der Waals surface area contributed by atoms with Gasteiger partial charge < -0.3 is 4.74 Å². The van der Waals surface area contributed by atoms with Gasteiger partial charge in [-0.15, -0.1) is 0 Å². The first-order valence-electron chi connectivity index (χ1n) is 18.7. The number of fused-ring (bicyclic) bond motifs is 10. The first-order chi connectivity index (χ1) is 27.7. The number of hydrogen-bond donors (Lipinski definition) is 0. The minimum absolute atomic E-state index is 0.564. The lowest BCUT2D eigenvalue weighted by Crippen LogP contribution is -2.32. The van der Waals surface area contributed by atoms with Gasteiger partial charge in [0.05, 0.1) is 17.0 Å². The van der Waals surface area contributed by atoms with Crippen LogP contribution in [-0.4, -0.2) is 15.0 Å². The molecular weight excluding hydrogens is 685 g/mol. The summed E-state index contributed by atoms with van der Waals surface area (Å²) in [5.41, 5.74) is 11.7. The smallest absolute Gasteiger partial charge is 0.164 e. The van der Waals surface area contributed by atoms with E-state index in [0.29, 0.717) is 23.0 Å². The first-order valence-corrected chi connectivity index (χ1v) is 18.7. The van der Waals surface area contributed by atoms with Gasteiger partial charge in [-0.25, -0.2) is 15.0 Å². The van der Waals surface area contributed by atoms with Crippen molar-refractivity contribution in [3.8, 4) is 74.0 Å². The molecule has 0 saturated carbocycles. The van der Waals surface area contributed by atoms with Crippen molar-refractivity contribution in [3.63, 3.8) is 0 Å². The third-order valence-corrected chi connectivity index (χ3v) is 11.3. The number of rotatable bonds is 4. The second-order valence-electron chi connectivity index (χ2n) is 14.2. The van der Waals surface area contributed by atoms with Crippen LogP contribution in [0.3, 0.4) is 0 Å². The Labute approximate surface area is 323 Å². The Morgan fingerprint density at radius 1 is 0.393 bits per heavy atom. The van der Waals surface area contributed by atoms with Crippen molar-refractivity contribution >= 4 is 10.8 Å². The molecule has 0 fully saturated rings. The van der Waals surface area contributed by atoms with Crippen LogP contribution in [0.4, 0.5) is 0 Å². The molecular formula is C51H30N4O. The summed E-state index contributed by atoms with van der Waals surface area (Å²) in [5, 5.41) is 11.8. The number of benzene rings is 8. The van der Waals surface area contributed by atoms with E-state index in [2.05, 4.69) is 97.1 Å². The lowest BCUT2D eigenvalue weighted by Gasteiger charge is -2.39. The lowest BCUT2D eigenvalue weighted by molar-refractivity contribution is 0.437. The molecule has 0 bridgehead atoms. The highest BCUT2D eigenvalue weighted by atomic mass is 16.5. The second-order valence-corrected chi connectivity index (χ2v) is 14.2. The highest BCUT2D eigenvalue weighted by molar-refractivity contribution is 6.00. The summed E-state index contributed by atoms with van der Waals surface area (Å²) >= 11 is 0.